The zero-order chi connectivity index (χ0) is 18.0. The van der Waals surface area contributed by atoms with Gasteiger partial charge >= 0.3 is 5.97 Å². The lowest BCUT2D eigenvalue weighted by Crippen LogP contribution is -2.09. The topological polar surface area (TPSA) is 31.2 Å². The van der Waals surface area contributed by atoms with Gasteiger partial charge in [0.25, 0.3) is 0 Å². The average molecular weight is 512 g/mol. The maximum Gasteiger partial charge on any atom is 0.310 e. The molecule has 0 aliphatic heterocycles. The minimum atomic E-state index is -0.182. The molecule has 1 aromatic heterocycles. The molecule has 0 radical (unpaired) electrons. The van der Waals surface area contributed by atoms with E-state index in [0.717, 1.165) is 33.2 Å². The minimum Gasteiger partial charge on any atom is -0.466 e. The van der Waals surface area contributed by atoms with Crippen LogP contribution in [0.25, 0.3) is 10.9 Å². The molecule has 3 aromatic rings. The van der Waals surface area contributed by atoms with Crippen molar-refractivity contribution >= 4 is 55.4 Å². The first-order chi connectivity index (χ1) is 12.0. The summed E-state index contributed by atoms with van der Waals surface area (Å²) in [7, 11) is 0. The van der Waals surface area contributed by atoms with Gasteiger partial charge in [0.05, 0.1) is 13.0 Å². The number of ether oxygens (including phenoxy) is 1. The fourth-order valence-electron chi connectivity index (χ4n) is 3.08. The monoisotopic (exact) mass is 511 g/mol. The highest BCUT2D eigenvalue weighted by Crippen LogP contribution is 2.30. The summed E-state index contributed by atoms with van der Waals surface area (Å²) >= 11 is 5.86. The lowest BCUT2D eigenvalue weighted by atomic mass is 10.1. The number of halogens is 2. The van der Waals surface area contributed by atoms with Crippen molar-refractivity contribution in [1.29, 1.82) is 0 Å². The summed E-state index contributed by atoms with van der Waals surface area (Å²) < 4.78 is 9.67. The van der Waals surface area contributed by atoms with E-state index in [1.807, 2.05) is 13.0 Å². The molecule has 0 aliphatic carbocycles. The Morgan fingerprint density at radius 2 is 1.92 bits per heavy atom. The Hall–Kier alpha value is -1.34. The second-order valence-corrected chi connectivity index (χ2v) is 8.08. The van der Waals surface area contributed by atoms with E-state index in [-0.39, 0.29) is 5.97 Å². The van der Waals surface area contributed by atoms with E-state index < -0.39 is 0 Å². The van der Waals surface area contributed by atoms with E-state index in [1.165, 1.54) is 9.13 Å². The van der Waals surface area contributed by atoms with Crippen molar-refractivity contribution in [2.75, 3.05) is 6.61 Å². The molecule has 0 fully saturated rings. The molecule has 0 amide bonds. The van der Waals surface area contributed by atoms with Gasteiger partial charge in [-0.2, -0.15) is 0 Å². The van der Waals surface area contributed by atoms with Gasteiger partial charge in [0, 0.05) is 31.2 Å². The lowest BCUT2D eigenvalue weighted by molar-refractivity contribution is -0.142. The van der Waals surface area contributed by atoms with Gasteiger partial charge in [-0.05, 0) is 77.9 Å². The van der Waals surface area contributed by atoms with E-state index in [1.54, 1.807) is 0 Å². The first-order valence-corrected chi connectivity index (χ1v) is 10.0. The van der Waals surface area contributed by atoms with Gasteiger partial charge in [0.15, 0.2) is 0 Å². The zero-order valence-corrected chi connectivity index (χ0v) is 17.9. The maximum absolute atomic E-state index is 12.1. The number of nitrogens with zero attached hydrogens (tertiary/aromatic N) is 1. The third-order valence-corrected chi connectivity index (χ3v) is 5.51. The van der Waals surface area contributed by atoms with Crippen molar-refractivity contribution in [1.82, 2.24) is 4.57 Å². The van der Waals surface area contributed by atoms with Crippen LogP contribution in [0.2, 0.25) is 0 Å². The van der Waals surface area contributed by atoms with E-state index in [2.05, 4.69) is 86.4 Å². The number of benzene rings is 2. The van der Waals surface area contributed by atoms with Crippen LogP contribution in [-0.4, -0.2) is 17.1 Å². The number of hydrogen-bond acceptors (Lipinski definition) is 2. The SMILES string of the molecule is CCOC(=O)Cc1c(C)n(Cc2ccc(I)cc2)c2ccc(Br)cc12. The molecule has 3 nitrogen and oxygen atoms in total. The van der Waals surface area contributed by atoms with Crippen LogP contribution < -0.4 is 0 Å². The summed E-state index contributed by atoms with van der Waals surface area (Å²) in [5.41, 5.74) is 4.53. The summed E-state index contributed by atoms with van der Waals surface area (Å²) in [6.07, 6.45) is 0.298. The summed E-state index contributed by atoms with van der Waals surface area (Å²) in [4.78, 5) is 12.1. The molecule has 0 N–H and O–H groups in total. The van der Waals surface area contributed by atoms with Crippen molar-refractivity contribution < 1.29 is 9.53 Å². The highest BCUT2D eigenvalue weighted by atomic mass is 127. The van der Waals surface area contributed by atoms with Crippen molar-refractivity contribution in [2.24, 2.45) is 0 Å². The predicted molar refractivity (Wildman–Crippen MR) is 113 cm³/mol. The summed E-state index contributed by atoms with van der Waals surface area (Å²) in [6.45, 7) is 5.10. The van der Waals surface area contributed by atoms with Crippen LogP contribution in [0.1, 0.15) is 23.7 Å². The number of aromatic nitrogens is 1. The van der Waals surface area contributed by atoms with Crippen LogP contribution in [0.5, 0.6) is 0 Å². The third-order valence-electron chi connectivity index (χ3n) is 4.30. The molecule has 0 aliphatic rings. The van der Waals surface area contributed by atoms with Gasteiger partial charge in [0.1, 0.15) is 0 Å². The summed E-state index contributed by atoms with van der Waals surface area (Å²) in [5.74, 6) is -0.182. The highest BCUT2D eigenvalue weighted by Gasteiger charge is 2.17. The van der Waals surface area contributed by atoms with Crippen LogP contribution in [0.3, 0.4) is 0 Å². The molecule has 0 saturated carbocycles. The predicted octanol–water partition coefficient (Wildman–Crippen LogP) is 5.47. The van der Waals surface area contributed by atoms with Gasteiger partial charge in [-0.3, -0.25) is 4.79 Å². The zero-order valence-electron chi connectivity index (χ0n) is 14.2. The van der Waals surface area contributed by atoms with Crippen LogP contribution in [0.15, 0.2) is 46.9 Å². The standard InChI is InChI=1S/C20H19BrINO2/c1-3-25-20(24)11-17-13(2)23(12-14-4-7-16(22)8-5-14)19-9-6-15(21)10-18(17)19/h4-10H,3,11-12H2,1-2H3. The first kappa shape index (κ1) is 18.5. The van der Waals surface area contributed by atoms with Crippen molar-refractivity contribution in [2.45, 2.75) is 26.8 Å². The minimum absolute atomic E-state index is 0.182. The van der Waals surface area contributed by atoms with Crippen LogP contribution >= 0.6 is 38.5 Å². The number of hydrogen-bond donors (Lipinski definition) is 0. The van der Waals surface area contributed by atoms with E-state index in [0.29, 0.717) is 13.0 Å². The van der Waals surface area contributed by atoms with E-state index >= 15 is 0 Å². The van der Waals surface area contributed by atoms with Gasteiger partial charge in [-0.15, -0.1) is 0 Å². The molecule has 130 valence electrons. The molecule has 0 atom stereocenters. The molecule has 3 rings (SSSR count). The van der Waals surface area contributed by atoms with Crippen LogP contribution in [0.4, 0.5) is 0 Å². The van der Waals surface area contributed by atoms with Crippen molar-refractivity contribution in [3.05, 3.63) is 67.3 Å². The molecule has 0 bridgehead atoms. The van der Waals surface area contributed by atoms with Crippen molar-refractivity contribution in [3.8, 4) is 0 Å². The molecule has 0 spiro atoms. The fourth-order valence-corrected chi connectivity index (χ4v) is 3.80. The molecular formula is C20H19BrINO2. The van der Waals surface area contributed by atoms with Crippen molar-refractivity contribution in [3.63, 3.8) is 0 Å². The molecule has 25 heavy (non-hydrogen) atoms. The maximum atomic E-state index is 12.1. The second-order valence-electron chi connectivity index (χ2n) is 5.92. The van der Waals surface area contributed by atoms with Crippen LogP contribution in [0, 0.1) is 10.5 Å². The first-order valence-electron chi connectivity index (χ1n) is 8.17. The lowest BCUT2D eigenvalue weighted by Gasteiger charge is -2.09. The number of esters is 1. The smallest absolute Gasteiger partial charge is 0.310 e. The molecule has 5 heteroatoms. The fraction of sp³-hybridized carbons (Fsp3) is 0.250. The second kappa shape index (κ2) is 7.91. The normalized spacial score (nSPS) is 11.0. The summed E-state index contributed by atoms with van der Waals surface area (Å²) in [6, 6.07) is 14.8. The highest BCUT2D eigenvalue weighted by molar-refractivity contribution is 14.1. The van der Waals surface area contributed by atoms with Gasteiger partial charge in [0.2, 0.25) is 0 Å². The number of carbonyl (C=O) groups excluding carboxylic acids is 1. The van der Waals surface area contributed by atoms with Crippen LogP contribution in [-0.2, 0) is 22.5 Å². The molecule has 0 saturated heterocycles. The molecule has 1 heterocycles. The molecular weight excluding hydrogens is 493 g/mol. The van der Waals surface area contributed by atoms with E-state index in [4.69, 9.17) is 4.74 Å². The number of carbonyl (C=O) groups is 1. The Labute approximate surface area is 169 Å². The Kier molecular flexibility index (Phi) is 5.84. The number of fused-ring (bicyclic) bond motifs is 1. The Balaban J connectivity index is 2.07. The number of rotatable bonds is 5. The summed E-state index contributed by atoms with van der Waals surface area (Å²) in [5, 5.41) is 1.10. The third kappa shape index (κ3) is 4.08. The Morgan fingerprint density at radius 1 is 1.20 bits per heavy atom. The quantitative estimate of drug-likeness (QED) is 0.336. The van der Waals surface area contributed by atoms with Gasteiger partial charge in [-0.25, -0.2) is 0 Å². The van der Waals surface area contributed by atoms with Gasteiger partial charge in [-0.1, -0.05) is 28.1 Å². The van der Waals surface area contributed by atoms with Gasteiger partial charge < -0.3 is 9.30 Å². The average Bonchev–Trinajstić information content (AvgIpc) is 2.82. The Bertz CT molecular complexity index is 916. The molecule has 2 aromatic carbocycles. The largest absolute Gasteiger partial charge is 0.466 e. The van der Waals surface area contributed by atoms with E-state index in [9.17, 15) is 4.79 Å². The Morgan fingerprint density at radius 3 is 2.60 bits per heavy atom. The molecule has 0 unspecified atom stereocenters.